The molecule has 0 radical (unpaired) electrons. The zero-order valence-corrected chi connectivity index (χ0v) is 10.4. The molecule has 0 amide bonds. The lowest BCUT2D eigenvalue weighted by Gasteiger charge is -2.19. The summed E-state index contributed by atoms with van der Waals surface area (Å²) in [5.41, 5.74) is 0. The van der Waals surface area contributed by atoms with Crippen LogP contribution in [-0.2, 0) is 4.74 Å². The van der Waals surface area contributed by atoms with Crippen molar-refractivity contribution in [1.29, 1.82) is 0 Å². The first kappa shape index (κ1) is 14.5. The first-order valence-electron chi connectivity index (χ1n) is 5.94. The first-order valence-corrected chi connectivity index (χ1v) is 5.94. The SMILES string of the molecule is C#CCCCC(CCC(C)OC)NCC. The molecule has 2 atom stereocenters. The maximum absolute atomic E-state index is 5.24. The molecule has 15 heavy (non-hydrogen) atoms. The van der Waals surface area contributed by atoms with Crippen molar-refractivity contribution in [2.45, 2.75) is 58.1 Å². The van der Waals surface area contributed by atoms with E-state index in [1.165, 1.54) is 12.8 Å². The van der Waals surface area contributed by atoms with Gasteiger partial charge in [-0.25, -0.2) is 0 Å². The van der Waals surface area contributed by atoms with Crippen LogP contribution >= 0.6 is 0 Å². The molecule has 0 aromatic heterocycles. The van der Waals surface area contributed by atoms with Crippen molar-refractivity contribution < 1.29 is 4.74 Å². The van der Waals surface area contributed by atoms with Crippen LogP contribution in [0, 0.1) is 12.3 Å². The van der Waals surface area contributed by atoms with E-state index in [0.29, 0.717) is 12.1 Å². The average Bonchev–Trinajstić information content (AvgIpc) is 2.25. The van der Waals surface area contributed by atoms with E-state index in [4.69, 9.17) is 11.2 Å². The molecule has 0 saturated heterocycles. The standard InChI is InChI=1S/C13H25NO/c1-5-7-8-9-13(14-6-2)11-10-12(3)15-4/h1,12-14H,6-11H2,2-4H3. The zero-order valence-electron chi connectivity index (χ0n) is 10.4. The van der Waals surface area contributed by atoms with E-state index in [0.717, 1.165) is 25.8 Å². The average molecular weight is 211 g/mol. The van der Waals surface area contributed by atoms with Crippen LogP contribution in [0.1, 0.15) is 46.0 Å². The largest absolute Gasteiger partial charge is 0.382 e. The maximum Gasteiger partial charge on any atom is 0.0543 e. The maximum atomic E-state index is 5.24. The summed E-state index contributed by atoms with van der Waals surface area (Å²) in [6.07, 6.45) is 11.1. The van der Waals surface area contributed by atoms with Crippen molar-refractivity contribution in [3.8, 4) is 12.3 Å². The van der Waals surface area contributed by atoms with Gasteiger partial charge < -0.3 is 10.1 Å². The number of hydrogen-bond donors (Lipinski definition) is 1. The fourth-order valence-electron chi connectivity index (χ4n) is 1.64. The highest BCUT2D eigenvalue weighted by Gasteiger charge is 2.08. The minimum absolute atomic E-state index is 0.360. The van der Waals surface area contributed by atoms with Gasteiger partial charge in [0.15, 0.2) is 0 Å². The van der Waals surface area contributed by atoms with Crippen LogP contribution in [0.5, 0.6) is 0 Å². The fourth-order valence-corrected chi connectivity index (χ4v) is 1.64. The van der Waals surface area contributed by atoms with E-state index in [-0.39, 0.29) is 0 Å². The highest BCUT2D eigenvalue weighted by molar-refractivity contribution is 4.83. The van der Waals surface area contributed by atoms with Gasteiger partial charge in [-0.05, 0) is 39.2 Å². The van der Waals surface area contributed by atoms with Crippen LogP contribution in [0.3, 0.4) is 0 Å². The predicted octanol–water partition coefficient (Wildman–Crippen LogP) is 2.58. The molecule has 0 rings (SSSR count). The Hall–Kier alpha value is -0.520. The third-order valence-corrected chi connectivity index (χ3v) is 2.69. The van der Waals surface area contributed by atoms with E-state index in [2.05, 4.69) is 25.1 Å². The Morgan fingerprint density at radius 3 is 2.60 bits per heavy atom. The molecule has 1 N–H and O–H groups in total. The monoisotopic (exact) mass is 211 g/mol. The summed E-state index contributed by atoms with van der Waals surface area (Å²) in [5.74, 6) is 2.69. The molecule has 0 aliphatic carbocycles. The van der Waals surface area contributed by atoms with Crippen molar-refractivity contribution >= 4 is 0 Å². The molecule has 0 bridgehead atoms. The van der Waals surface area contributed by atoms with Crippen LogP contribution in [0.15, 0.2) is 0 Å². The number of methoxy groups -OCH3 is 1. The van der Waals surface area contributed by atoms with Gasteiger partial charge in [-0.3, -0.25) is 0 Å². The number of rotatable bonds is 9. The van der Waals surface area contributed by atoms with Gasteiger partial charge in [0.2, 0.25) is 0 Å². The molecule has 0 aromatic carbocycles. The van der Waals surface area contributed by atoms with Gasteiger partial charge >= 0.3 is 0 Å². The molecule has 0 saturated carbocycles. The van der Waals surface area contributed by atoms with Gasteiger partial charge in [0.1, 0.15) is 0 Å². The Morgan fingerprint density at radius 1 is 1.33 bits per heavy atom. The summed E-state index contributed by atoms with van der Waals surface area (Å²) in [6, 6.07) is 0.598. The van der Waals surface area contributed by atoms with Gasteiger partial charge in [-0.2, -0.15) is 0 Å². The van der Waals surface area contributed by atoms with Crippen LogP contribution in [0.2, 0.25) is 0 Å². The molecule has 2 unspecified atom stereocenters. The smallest absolute Gasteiger partial charge is 0.0543 e. The van der Waals surface area contributed by atoms with Gasteiger partial charge in [-0.15, -0.1) is 12.3 Å². The van der Waals surface area contributed by atoms with Crippen molar-refractivity contribution in [3.05, 3.63) is 0 Å². The number of hydrogen-bond acceptors (Lipinski definition) is 2. The van der Waals surface area contributed by atoms with Crippen LogP contribution in [-0.4, -0.2) is 25.8 Å². The van der Waals surface area contributed by atoms with Gasteiger partial charge in [-0.1, -0.05) is 6.92 Å². The lowest BCUT2D eigenvalue weighted by Crippen LogP contribution is -2.29. The lowest BCUT2D eigenvalue weighted by molar-refractivity contribution is 0.105. The first-order chi connectivity index (χ1) is 7.24. The summed E-state index contributed by atoms with van der Waals surface area (Å²) in [4.78, 5) is 0. The third kappa shape index (κ3) is 8.47. The molecule has 0 heterocycles. The third-order valence-electron chi connectivity index (χ3n) is 2.69. The molecule has 0 aliphatic heterocycles. The van der Waals surface area contributed by atoms with E-state index in [1.54, 1.807) is 7.11 Å². The quantitative estimate of drug-likeness (QED) is 0.467. The number of terminal acetylenes is 1. The minimum atomic E-state index is 0.360. The number of nitrogens with one attached hydrogen (secondary N) is 1. The van der Waals surface area contributed by atoms with Crippen LogP contribution in [0.4, 0.5) is 0 Å². The van der Waals surface area contributed by atoms with Gasteiger partial charge in [0, 0.05) is 19.6 Å². The lowest BCUT2D eigenvalue weighted by atomic mass is 10.0. The van der Waals surface area contributed by atoms with Crippen molar-refractivity contribution in [1.82, 2.24) is 5.32 Å². The van der Waals surface area contributed by atoms with E-state index < -0.39 is 0 Å². The Morgan fingerprint density at radius 2 is 2.07 bits per heavy atom. The van der Waals surface area contributed by atoms with Crippen LogP contribution in [0.25, 0.3) is 0 Å². The van der Waals surface area contributed by atoms with E-state index in [1.807, 2.05) is 0 Å². The Balaban J connectivity index is 3.67. The molecule has 88 valence electrons. The normalized spacial score (nSPS) is 14.5. The zero-order chi connectivity index (χ0) is 11.5. The molecule has 0 fully saturated rings. The highest BCUT2D eigenvalue weighted by atomic mass is 16.5. The summed E-state index contributed by atoms with van der Waals surface area (Å²) in [5, 5.41) is 3.50. The van der Waals surface area contributed by atoms with Crippen molar-refractivity contribution in [2.24, 2.45) is 0 Å². The van der Waals surface area contributed by atoms with Crippen molar-refractivity contribution in [2.75, 3.05) is 13.7 Å². The Bertz CT molecular complexity index is 174. The summed E-state index contributed by atoms with van der Waals surface area (Å²) in [6.45, 7) is 5.29. The molecule has 2 heteroatoms. The Kier molecular flexibility index (Phi) is 9.67. The number of unbranched alkanes of at least 4 members (excludes halogenated alkanes) is 1. The Labute approximate surface area is 94.8 Å². The molecular formula is C13H25NO. The summed E-state index contributed by atoms with van der Waals surface area (Å²) < 4.78 is 5.24. The second-order valence-corrected chi connectivity index (χ2v) is 3.97. The summed E-state index contributed by atoms with van der Waals surface area (Å²) in [7, 11) is 1.77. The summed E-state index contributed by atoms with van der Waals surface area (Å²) >= 11 is 0. The molecule has 0 aromatic rings. The minimum Gasteiger partial charge on any atom is -0.382 e. The van der Waals surface area contributed by atoms with Gasteiger partial charge in [0.25, 0.3) is 0 Å². The highest BCUT2D eigenvalue weighted by Crippen LogP contribution is 2.09. The predicted molar refractivity (Wildman–Crippen MR) is 65.9 cm³/mol. The second-order valence-electron chi connectivity index (χ2n) is 3.97. The second kappa shape index (κ2) is 10.0. The molecule has 2 nitrogen and oxygen atoms in total. The molecule has 0 aliphatic rings. The van der Waals surface area contributed by atoms with Crippen LogP contribution < -0.4 is 5.32 Å². The fraction of sp³-hybridized carbons (Fsp3) is 0.846. The number of ether oxygens (including phenoxy) is 1. The van der Waals surface area contributed by atoms with E-state index in [9.17, 15) is 0 Å². The van der Waals surface area contributed by atoms with Crippen molar-refractivity contribution in [3.63, 3.8) is 0 Å². The van der Waals surface area contributed by atoms with E-state index >= 15 is 0 Å². The van der Waals surface area contributed by atoms with Gasteiger partial charge in [0.05, 0.1) is 6.10 Å². The molecule has 0 spiro atoms. The molecular weight excluding hydrogens is 186 g/mol. The topological polar surface area (TPSA) is 21.3 Å².